The van der Waals surface area contributed by atoms with E-state index in [1.54, 1.807) is 30.3 Å². The van der Waals surface area contributed by atoms with E-state index in [1.807, 2.05) is 0 Å². The Morgan fingerprint density at radius 3 is 2.38 bits per heavy atom. The van der Waals surface area contributed by atoms with Crippen LogP contribution in [0.3, 0.4) is 0 Å². The lowest BCUT2D eigenvalue weighted by Gasteiger charge is -2.08. The monoisotopic (exact) mass is 266 g/mol. The fourth-order valence-electron chi connectivity index (χ4n) is 1.01. The van der Waals surface area contributed by atoms with E-state index >= 15 is 0 Å². The summed E-state index contributed by atoms with van der Waals surface area (Å²) < 4.78 is 25.2. The van der Waals surface area contributed by atoms with Crippen molar-refractivity contribution in [1.82, 2.24) is 0 Å². The molecule has 1 unspecified atom stereocenters. The molecule has 0 saturated carbocycles. The van der Waals surface area contributed by atoms with Crippen molar-refractivity contribution in [2.75, 3.05) is 10.5 Å². The molecule has 92 valence electrons. The highest BCUT2D eigenvalue weighted by molar-refractivity contribution is 7.92. The number of hydrogen-bond donors (Lipinski definition) is 3. The molecule has 0 aliphatic carbocycles. The maximum absolute atomic E-state index is 11.4. The molecule has 1 aromatic rings. The van der Waals surface area contributed by atoms with Crippen LogP contribution in [-0.2, 0) is 10.0 Å². The van der Waals surface area contributed by atoms with Crippen molar-refractivity contribution in [3.8, 4) is 0 Å². The van der Waals surface area contributed by atoms with Gasteiger partial charge in [-0.2, -0.15) is 0 Å². The minimum absolute atomic E-state index is 0. The normalized spacial score (nSPS) is 12.6. The zero-order valence-electron chi connectivity index (χ0n) is 8.54. The van der Waals surface area contributed by atoms with Crippen molar-refractivity contribution < 1.29 is 13.5 Å². The van der Waals surface area contributed by atoms with Crippen molar-refractivity contribution in [1.29, 1.82) is 0 Å². The summed E-state index contributed by atoms with van der Waals surface area (Å²) in [6.45, 7) is 0. The predicted molar refractivity (Wildman–Crippen MR) is 65.9 cm³/mol. The molecule has 0 bridgehead atoms. The van der Waals surface area contributed by atoms with Gasteiger partial charge in [-0.05, 0) is 12.1 Å². The Balaban J connectivity index is 0.00000225. The summed E-state index contributed by atoms with van der Waals surface area (Å²) in [5.74, 6) is -0.195. The minimum Gasteiger partial charge on any atom is -0.379 e. The van der Waals surface area contributed by atoms with E-state index in [-0.39, 0.29) is 24.6 Å². The molecule has 0 aliphatic rings. The molecule has 0 amide bonds. The Kier molecular flexibility index (Phi) is 6.35. The highest BCUT2D eigenvalue weighted by atomic mass is 35.5. The van der Waals surface area contributed by atoms with Crippen LogP contribution >= 0.6 is 12.4 Å². The largest absolute Gasteiger partial charge is 0.379 e. The Hall–Kier alpha value is -0.820. The van der Waals surface area contributed by atoms with Crippen molar-refractivity contribution in [3.05, 3.63) is 30.3 Å². The Morgan fingerprint density at radius 1 is 1.31 bits per heavy atom. The third-order valence-corrected chi connectivity index (χ3v) is 3.05. The fraction of sp³-hybridized carbons (Fsp3) is 0.333. The SMILES string of the molecule is Cl.NC(O)CCS(=O)(=O)Nc1ccccc1. The highest BCUT2D eigenvalue weighted by Gasteiger charge is 2.11. The maximum atomic E-state index is 11.4. The molecule has 0 heterocycles. The summed E-state index contributed by atoms with van der Waals surface area (Å²) in [5.41, 5.74) is 5.56. The van der Waals surface area contributed by atoms with Crippen LogP contribution in [-0.4, -0.2) is 25.5 Å². The predicted octanol–water partition coefficient (Wildman–Crippen LogP) is 0.517. The second-order valence-corrected chi connectivity index (χ2v) is 4.98. The van der Waals surface area contributed by atoms with E-state index in [9.17, 15) is 8.42 Å². The molecule has 5 nitrogen and oxygen atoms in total. The Labute approximate surface area is 101 Å². The first kappa shape index (κ1) is 15.2. The number of nitrogens with two attached hydrogens (primary N) is 1. The van der Waals surface area contributed by atoms with Gasteiger partial charge in [-0.3, -0.25) is 4.72 Å². The van der Waals surface area contributed by atoms with Gasteiger partial charge in [0.05, 0.1) is 5.75 Å². The van der Waals surface area contributed by atoms with Gasteiger partial charge in [-0.15, -0.1) is 12.4 Å². The van der Waals surface area contributed by atoms with E-state index in [0.29, 0.717) is 5.69 Å². The van der Waals surface area contributed by atoms with Gasteiger partial charge in [0.25, 0.3) is 0 Å². The summed E-state index contributed by atoms with van der Waals surface area (Å²) in [5, 5.41) is 8.77. The van der Waals surface area contributed by atoms with Crippen LogP contribution < -0.4 is 10.5 Å². The summed E-state index contributed by atoms with van der Waals surface area (Å²) in [6.07, 6.45) is -1.08. The van der Waals surface area contributed by atoms with Gasteiger partial charge in [0.15, 0.2) is 0 Å². The maximum Gasteiger partial charge on any atom is 0.232 e. The molecule has 0 radical (unpaired) electrons. The number of aliphatic hydroxyl groups excluding tert-OH is 1. The average molecular weight is 267 g/mol. The first-order valence-corrected chi connectivity index (χ1v) is 6.14. The van der Waals surface area contributed by atoms with E-state index < -0.39 is 16.3 Å². The number of nitrogens with one attached hydrogen (secondary N) is 1. The topological polar surface area (TPSA) is 92.4 Å². The molecular weight excluding hydrogens is 252 g/mol. The molecule has 0 saturated heterocycles. The zero-order chi connectivity index (χ0) is 11.3. The smallest absolute Gasteiger partial charge is 0.232 e. The van der Waals surface area contributed by atoms with Crippen molar-refractivity contribution in [2.45, 2.75) is 12.6 Å². The lowest BCUT2D eigenvalue weighted by atomic mass is 10.3. The lowest BCUT2D eigenvalue weighted by molar-refractivity contribution is 0.179. The lowest BCUT2D eigenvalue weighted by Crippen LogP contribution is -2.25. The second kappa shape index (κ2) is 6.70. The number of aliphatic hydroxyl groups is 1. The third kappa shape index (κ3) is 5.92. The van der Waals surface area contributed by atoms with Crippen molar-refractivity contribution in [3.63, 3.8) is 0 Å². The first-order valence-electron chi connectivity index (χ1n) is 4.49. The number of para-hydroxylation sites is 1. The van der Waals surface area contributed by atoms with E-state index in [1.165, 1.54) is 0 Å². The highest BCUT2D eigenvalue weighted by Crippen LogP contribution is 2.08. The standard InChI is InChI=1S/C9H14N2O3S.ClH/c10-9(12)6-7-15(13,14)11-8-4-2-1-3-5-8;/h1-5,9,11-12H,6-7,10H2;1H. The van der Waals surface area contributed by atoms with Gasteiger partial charge in [0.1, 0.15) is 6.23 Å². The summed E-state index contributed by atoms with van der Waals surface area (Å²) >= 11 is 0. The van der Waals surface area contributed by atoms with Crippen LogP contribution in [0.15, 0.2) is 30.3 Å². The third-order valence-electron chi connectivity index (χ3n) is 1.73. The number of hydrogen-bond acceptors (Lipinski definition) is 4. The quantitative estimate of drug-likeness (QED) is 0.678. The molecule has 1 atom stereocenters. The van der Waals surface area contributed by atoms with Crippen LogP contribution in [0, 0.1) is 0 Å². The Bertz CT molecular complexity index is 394. The first-order chi connectivity index (χ1) is 6.99. The number of rotatable bonds is 5. The van der Waals surface area contributed by atoms with Gasteiger partial charge < -0.3 is 10.8 Å². The van der Waals surface area contributed by atoms with Crippen LogP contribution in [0.4, 0.5) is 5.69 Å². The summed E-state index contributed by atoms with van der Waals surface area (Å²) in [6, 6.07) is 8.56. The molecule has 1 rings (SSSR count). The van der Waals surface area contributed by atoms with Gasteiger partial charge >= 0.3 is 0 Å². The van der Waals surface area contributed by atoms with E-state index in [2.05, 4.69) is 4.72 Å². The number of halogens is 1. The van der Waals surface area contributed by atoms with Crippen molar-refractivity contribution in [2.24, 2.45) is 5.73 Å². The molecular formula is C9H15ClN2O3S. The van der Waals surface area contributed by atoms with Gasteiger partial charge in [-0.25, -0.2) is 8.42 Å². The Morgan fingerprint density at radius 2 is 1.88 bits per heavy atom. The summed E-state index contributed by atoms with van der Waals surface area (Å²) in [4.78, 5) is 0. The fourth-order valence-corrected chi connectivity index (χ4v) is 2.16. The molecule has 1 aromatic carbocycles. The molecule has 7 heteroatoms. The van der Waals surface area contributed by atoms with Crippen molar-refractivity contribution >= 4 is 28.1 Å². The second-order valence-electron chi connectivity index (χ2n) is 3.14. The molecule has 0 spiro atoms. The molecule has 0 aliphatic heterocycles. The van der Waals surface area contributed by atoms with Crippen LogP contribution in [0.25, 0.3) is 0 Å². The zero-order valence-corrected chi connectivity index (χ0v) is 10.2. The molecule has 0 fully saturated rings. The van der Waals surface area contributed by atoms with Gasteiger partial charge in [-0.1, -0.05) is 18.2 Å². The van der Waals surface area contributed by atoms with Crippen LogP contribution in [0.1, 0.15) is 6.42 Å². The van der Waals surface area contributed by atoms with Crippen LogP contribution in [0.2, 0.25) is 0 Å². The van der Waals surface area contributed by atoms with E-state index in [0.717, 1.165) is 0 Å². The number of sulfonamides is 1. The molecule has 4 N–H and O–H groups in total. The van der Waals surface area contributed by atoms with E-state index in [4.69, 9.17) is 10.8 Å². The minimum atomic E-state index is -3.42. The molecule has 0 aromatic heterocycles. The average Bonchev–Trinajstić information content (AvgIpc) is 2.16. The molecule has 16 heavy (non-hydrogen) atoms. The number of benzene rings is 1. The number of anilines is 1. The van der Waals surface area contributed by atoms with Crippen LogP contribution in [0.5, 0.6) is 0 Å². The van der Waals surface area contributed by atoms with Gasteiger partial charge in [0, 0.05) is 12.1 Å². The van der Waals surface area contributed by atoms with Gasteiger partial charge in [0.2, 0.25) is 10.0 Å². The summed E-state index contributed by atoms with van der Waals surface area (Å²) in [7, 11) is -3.42.